The highest BCUT2D eigenvalue weighted by molar-refractivity contribution is 5.99. The first-order chi connectivity index (χ1) is 18.0. The highest BCUT2D eigenvalue weighted by Gasteiger charge is 2.33. The van der Waals surface area contributed by atoms with Crippen LogP contribution in [0.3, 0.4) is 0 Å². The lowest BCUT2D eigenvalue weighted by Crippen LogP contribution is -2.30. The van der Waals surface area contributed by atoms with Crippen molar-refractivity contribution >= 4 is 28.3 Å². The van der Waals surface area contributed by atoms with Crippen LogP contribution in [0.2, 0.25) is 0 Å². The molecular formula is C28H26FN7O. The Bertz CT molecular complexity index is 1570. The molecule has 1 aliphatic rings. The van der Waals surface area contributed by atoms with Crippen LogP contribution in [-0.4, -0.2) is 54.8 Å². The molecule has 1 fully saturated rings. The second kappa shape index (κ2) is 9.16. The largest absolute Gasteiger partial charge is 0.340 e. The van der Waals surface area contributed by atoms with Gasteiger partial charge in [-0.2, -0.15) is 5.10 Å². The van der Waals surface area contributed by atoms with Gasteiger partial charge in [0, 0.05) is 59.6 Å². The number of aromatic nitrogens is 5. The van der Waals surface area contributed by atoms with Gasteiger partial charge in [0.25, 0.3) is 5.91 Å². The monoisotopic (exact) mass is 495 g/mol. The van der Waals surface area contributed by atoms with Crippen LogP contribution in [0.1, 0.15) is 17.4 Å². The van der Waals surface area contributed by atoms with Crippen molar-refractivity contribution < 1.29 is 9.18 Å². The number of benzene rings is 2. The van der Waals surface area contributed by atoms with E-state index in [-0.39, 0.29) is 18.4 Å². The van der Waals surface area contributed by atoms with Gasteiger partial charge in [-0.05, 0) is 35.9 Å². The lowest BCUT2D eigenvalue weighted by molar-refractivity contribution is 0.0772. The van der Waals surface area contributed by atoms with Crippen molar-refractivity contribution in [1.82, 2.24) is 29.6 Å². The third-order valence-corrected chi connectivity index (χ3v) is 6.97. The summed E-state index contributed by atoms with van der Waals surface area (Å²) < 4.78 is 15.9. The fourth-order valence-electron chi connectivity index (χ4n) is 4.80. The molecule has 1 amide bonds. The van der Waals surface area contributed by atoms with E-state index in [4.69, 9.17) is 4.98 Å². The Hall–Kier alpha value is -4.53. The molecule has 0 spiro atoms. The molecule has 0 radical (unpaired) electrons. The van der Waals surface area contributed by atoms with Crippen LogP contribution in [0, 0.1) is 5.92 Å². The van der Waals surface area contributed by atoms with Crippen molar-refractivity contribution in [2.24, 2.45) is 13.0 Å². The van der Waals surface area contributed by atoms with Crippen molar-refractivity contribution in [3.63, 3.8) is 0 Å². The van der Waals surface area contributed by atoms with Crippen molar-refractivity contribution in [2.75, 3.05) is 18.4 Å². The van der Waals surface area contributed by atoms with Crippen LogP contribution >= 0.6 is 0 Å². The first kappa shape index (κ1) is 22.9. The van der Waals surface area contributed by atoms with Crippen molar-refractivity contribution in [3.05, 3.63) is 78.9 Å². The molecule has 3 aromatic heterocycles. The quantitative estimate of drug-likeness (QED) is 0.350. The highest BCUT2D eigenvalue weighted by atomic mass is 19.1. The molecule has 0 unspecified atom stereocenters. The molecule has 0 bridgehead atoms. The van der Waals surface area contributed by atoms with Crippen molar-refractivity contribution in [1.29, 1.82) is 0 Å². The molecule has 5 aromatic rings. The van der Waals surface area contributed by atoms with Gasteiger partial charge in [-0.25, -0.2) is 14.4 Å². The Morgan fingerprint density at radius 2 is 1.86 bits per heavy atom. The fourth-order valence-corrected chi connectivity index (χ4v) is 4.80. The summed E-state index contributed by atoms with van der Waals surface area (Å²) in [6, 6.07) is 17.6. The molecule has 0 saturated carbocycles. The molecule has 2 aromatic carbocycles. The molecule has 186 valence electrons. The Balaban J connectivity index is 1.24. The first-order valence-corrected chi connectivity index (χ1v) is 12.2. The summed E-state index contributed by atoms with van der Waals surface area (Å²) in [6.45, 7) is 2.42. The van der Waals surface area contributed by atoms with Crippen LogP contribution < -0.4 is 5.32 Å². The minimum Gasteiger partial charge on any atom is -0.340 e. The smallest absolute Gasteiger partial charge is 0.270 e. The van der Waals surface area contributed by atoms with Gasteiger partial charge >= 0.3 is 0 Å². The van der Waals surface area contributed by atoms with Crippen LogP contribution in [0.25, 0.3) is 33.4 Å². The van der Waals surface area contributed by atoms with Crippen LogP contribution in [0.15, 0.2) is 73.2 Å². The van der Waals surface area contributed by atoms with Crippen LogP contribution in [-0.2, 0) is 7.05 Å². The predicted molar refractivity (Wildman–Crippen MR) is 141 cm³/mol. The zero-order valence-electron chi connectivity index (χ0n) is 20.5. The standard InChI is InChI=1S/C28H26FN7O/c1-17-15-36(16-23(17)29)28(37)25-11-19-3-4-20(12-24(19)35(25)2)27-30-10-9-26(34-27)33-22-7-5-18(6-8-22)21-13-31-32-14-21/h3-14,17,23H,15-16H2,1-2H3,(H,31,32)(H,30,33,34)/t17-,23-/m1/s1. The van der Waals surface area contributed by atoms with Gasteiger partial charge in [0.1, 0.15) is 17.7 Å². The maximum absolute atomic E-state index is 14.0. The zero-order valence-corrected chi connectivity index (χ0v) is 20.5. The number of aryl methyl sites for hydroxylation is 1. The van der Waals surface area contributed by atoms with Crippen molar-refractivity contribution in [2.45, 2.75) is 13.1 Å². The molecule has 2 N–H and O–H groups in total. The number of likely N-dealkylation sites (tertiary alicyclic amines) is 1. The van der Waals surface area contributed by atoms with E-state index in [0.29, 0.717) is 23.9 Å². The number of rotatable bonds is 5. The third kappa shape index (κ3) is 4.33. The molecule has 1 aliphatic heterocycles. The van der Waals surface area contributed by atoms with E-state index in [1.807, 2.05) is 79.3 Å². The summed E-state index contributed by atoms with van der Waals surface area (Å²) in [5, 5.41) is 11.1. The number of halogens is 1. The number of carbonyl (C=O) groups excluding carboxylic acids is 1. The molecule has 0 aliphatic carbocycles. The van der Waals surface area contributed by atoms with Crippen molar-refractivity contribution in [3.8, 4) is 22.5 Å². The SMILES string of the molecule is C[C@@H]1CN(C(=O)c2cc3ccc(-c4nccc(Nc5ccc(-c6cn[nH]c6)cc5)n4)cc3n2C)C[C@H]1F. The molecule has 6 rings (SSSR count). The van der Waals surface area contributed by atoms with Gasteiger partial charge in [-0.3, -0.25) is 9.89 Å². The van der Waals surface area contributed by atoms with Gasteiger partial charge in [0.05, 0.1) is 12.7 Å². The van der Waals surface area contributed by atoms with E-state index in [1.54, 1.807) is 17.3 Å². The second-order valence-electron chi connectivity index (χ2n) is 9.52. The summed E-state index contributed by atoms with van der Waals surface area (Å²) in [7, 11) is 1.86. The zero-order chi connectivity index (χ0) is 25.5. The van der Waals surface area contributed by atoms with Crippen LogP contribution in [0.4, 0.5) is 15.9 Å². The number of nitrogens with zero attached hydrogens (tertiary/aromatic N) is 5. The van der Waals surface area contributed by atoms with E-state index in [2.05, 4.69) is 20.5 Å². The Morgan fingerprint density at radius 3 is 2.59 bits per heavy atom. The molecule has 1 saturated heterocycles. The minimum absolute atomic E-state index is 0.141. The first-order valence-electron chi connectivity index (χ1n) is 12.2. The number of alkyl halides is 1. The fraction of sp³-hybridized carbons (Fsp3) is 0.214. The molecule has 4 heterocycles. The Morgan fingerprint density at radius 1 is 1.05 bits per heavy atom. The maximum atomic E-state index is 14.0. The molecular weight excluding hydrogens is 469 g/mol. The number of H-pyrrole nitrogens is 1. The molecule has 2 atom stereocenters. The van der Waals surface area contributed by atoms with Gasteiger partial charge in [-0.1, -0.05) is 31.2 Å². The van der Waals surface area contributed by atoms with E-state index in [1.165, 1.54) is 0 Å². The summed E-state index contributed by atoms with van der Waals surface area (Å²) in [5.74, 6) is 0.962. The Labute approximate surface area is 213 Å². The number of anilines is 2. The number of hydrogen-bond donors (Lipinski definition) is 2. The summed E-state index contributed by atoms with van der Waals surface area (Å²) in [4.78, 5) is 23.9. The van der Waals surface area contributed by atoms with E-state index in [0.717, 1.165) is 33.3 Å². The normalized spacial score (nSPS) is 17.4. The number of amides is 1. The van der Waals surface area contributed by atoms with Gasteiger partial charge in [0.15, 0.2) is 5.82 Å². The average Bonchev–Trinajstić information content (AvgIpc) is 3.64. The molecule has 9 heteroatoms. The second-order valence-corrected chi connectivity index (χ2v) is 9.52. The van der Waals surface area contributed by atoms with Gasteiger partial charge < -0.3 is 14.8 Å². The lowest BCUT2D eigenvalue weighted by Gasteiger charge is -2.16. The topological polar surface area (TPSA) is 91.7 Å². The number of carbonyl (C=O) groups is 1. The summed E-state index contributed by atoms with van der Waals surface area (Å²) in [6.07, 6.45) is 4.38. The molecule has 37 heavy (non-hydrogen) atoms. The van der Waals surface area contributed by atoms with Gasteiger partial charge in [-0.15, -0.1) is 0 Å². The summed E-state index contributed by atoms with van der Waals surface area (Å²) >= 11 is 0. The predicted octanol–water partition coefficient (Wildman–Crippen LogP) is 5.20. The number of hydrogen-bond acceptors (Lipinski definition) is 5. The maximum Gasteiger partial charge on any atom is 0.270 e. The minimum atomic E-state index is -0.974. The van der Waals surface area contributed by atoms with Crippen LogP contribution in [0.5, 0.6) is 0 Å². The van der Waals surface area contributed by atoms with E-state index < -0.39 is 6.17 Å². The summed E-state index contributed by atoms with van der Waals surface area (Å²) in [5.41, 5.74) is 5.28. The third-order valence-electron chi connectivity index (χ3n) is 6.97. The Kier molecular flexibility index (Phi) is 5.67. The lowest BCUT2D eigenvalue weighted by atomic mass is 10.1. The number of nitrogens with one attached hydrogen (secondary N) is 2. The molecule has 8 nitrogen and oxygen atoms in total. The average molecular weight is 496 g/mol. The number of fused-ring (bicyclic) bond motifs is 1. The van der Waals surface area contributed by atoms with E-state index >= 15 is 0 Å². The van der Waals surface area contributed by atoms with E-state index in [9.17, 15) is 9.18 Å². The number of aromatic amines is 1. The highest BCUT2D eigenvalue weighted by Crippen LogP contribution is 2.28. The van der Waals surface area contributed by atoms with Gasteiger partial charge in [0.2, 0.25) is 0 Å².